The summed E-state index contributed by atoms with van der Waals surface area (Å²) in [5, 5.41) is 0. The lowest BCUT2D eigenvalue weighted by molar-refractivity contribution is 0.338. The highest BCUT2D eigenvalue weighted by Crippen LogP contribution is 2.34. The van der Waals surface area contributed by atoms with Crippen molar-refractivity contribution in [3.63, 3.8) is 0 Å². The Balaban J connectivity index is 3.22. The Morgan fingerprint density at radius 3 is 2.40 bits per heavy atom. The minimum atomic E-state index is -3.74. The number of hydrogen-bond acceptors (Lipinski definition) is 3. The van der Waals surface area contributed by atoms with Crippen molar-refractivity contribution in [1.29, 1.82) is 0 Å². The van der Waals surface area contributed by atoms with Crippen LogP contribution in [0.5, 0.6) is 5.75 Å². The monoisotopic (exact) mass is 316 g/mol. The summed E-state index contributed by atoms with van der Waals surface area (Å²) in [5.74, 6) is 0.663. The molecule has 0 saturated heterocycles. The molecule has 0 unspecified atom stereocenters. The molecule has 0 atom stereocenters. The molecule has 112 valence electrons. The molecule has 5 heteroatoms. The minimum absolute atomic E-state index is 0.0887. The standard InChI is InChI=1S/C15H21ClO3S/c1-6-11(2)10-19-14-8-7-12(20(16,17)18)9-13(14)15(3,4)5/h7-9H,2,6,10H2,1,3-5H3. The minimum Gasteiger partial charge on any atom is -0.489 e. The quantitative estimate of drug-likeness (QED) is 0.602. The molecule has 0 aromatic heterocycles. The molecule has 1 aromatic rings. The van der Waals surface area contributed by atoms with Gasteiger partial charge in [0.05, 0.1) is 4.90 Å². The van der Waals surface area contributed by atoms with Crippen molar-refractivity contribution in [1.82, 2.24) is 0 Å². The van der Waals surface area contributed by atoms with Crippen molar-refractivity contribution in [2.24, 2.45) is 0 Å². The maximum atomic E-state index is 11.4. The molecular formula is C15H21ClO3S. The van der Waals surface area contributed by atoms with E-state index in [1.165, 1.54) is 6.07 Å². The van der Waals surface area contributed by atoms with Crippen molar-refractivity contribution < 1.29 is 13.2 Å². The second kappa shape index (κ2) is 6.19. The number of ether oxygens (including phenoxy) is 1. The molecule has 20 heavy (non-hydrogen) atoms. The summed E-state index contributed by atoms with van der Waals surface area (Å²) in [6.07, 6.45) is 0.846. The van der Waals surface area contributed by atoms with E-state index in [2.05, 4.69) is 6.58 Å². The second-order valence-corrected chi connectivity index (χ2v) is 8.30. The fourth-order valence-electron chi connectivity index (χ4n) is 1.65. The van der Waals surface area contributed by atoms with Crippen molar-refractivity contribution in [2.45, 2.75) is 44.4 Å². The van der Waals surface area contributed by atoms with Crippen molar-refractivity contribution in [2.75, 3.05) is 6.61 Å². The fourth-order valence-corrected chi connectivity index (χ4v) is 2.43. The van der Waals surface area contributed by atoms with Crippen LogP contribution in [0.25, 0.3) is 0 Å². The van der Waals surface area contributed by atoms with E-state index in [0.29, 0.717) is 12.4 Å². The second-order valence-electron chi connectivity index (χ2n) is 5.74. The smallest absolute Gasteiger partial charge is 0.261 e. The molecule has 0 amide bonds. The normalized spacial score (nSPS) is 12.2. The Hall–Kier alpha value is -1.00. The molecule has 3 nitrogen and oxygen atoms in total. The van der Waals surface area contributed by atoms with Crippen LogP contribution in [0.3, 0.4) is 0 Å². The topological polar surface area (TPSA) is 43.4 Å². The van der Waals surface area contributed by atoms with Gasteiger partial charge in [0.2, 0.25) is 0 Å². The first-order valence-electron chi connectivity index (χ1n) is 6.44. The molecule has 0 aliphatic heterocycles. The van der Waals surface area contributed by atoms with Crippen molar-refractivity contribution in [3.8, 4) is 5.75 Å². The molecule has 0 fully saturated rings. The van der Waals surface area contributed by atoms with Crippen LogP contribution in [0.4, 0.5) is 0 Å². The molecule has 0 aliphatic carbocycles. The first kappa shape index (κ1) is 17.1. The molecule has 0 saturated carbocycles. The lowest BCUT2D eigenvalue weighted by atomic mass is 9.86. The highest BCUT2D eigenvalue weighted by atomic mass is 35.7. The maximum absolute atomic E-state index is 11.4. The lowest BCUT2D eigenvalue weighted by Crippen LogP contribution is -2.15. The summed E-state index contributed by atoms with van der Waals surface area (Å²) in [6, 6.07) is 4.69. The summed E-state index contributed by atoms with van der Waals surface area (Å²) in [7, 11) is 1.66. The van der Waals surface area contributed by atoms with Gasteiger partial charge in [0, 0.05) is 16.2 Å². The summed E-state index contributed by atoms with van der Waals surface area (Å²) < 4.78 is 28.6. The molecule has 0 radical (unpaired) electrons. The number of rotatable bonds is 5. The molecule has 1 aromatic carbocycles. The Kier molecular flexibility index (Phi) is 5.27. The first-order valence-corrected chi connectivity index (χ1v) is 8.75. The third kappa shape index (κ3) is 4.53. The van der Waals surface area contributed by atoms with Crippen molar-refractivity contribution in [3.05, 3.63) is 35.9 Å². The number of halogens is 1. The zero-order chi connectivity index (χ0) is 15.6. The molecule has 0 heterocycles. The van der Waals surface area contributed by atoms with Gasteiger partial charge in [-0.15, -0.1) is 0 Å². The van der Waals surface area contributed by atoms with E-state index in [1.807, 2.05) is 27.7 Å². The first-order chi connectivity index (χ1) is 9.05. The summed E-state index contributed by atoms with van der Waals surface area (Å²) in [4.78, 5) is 0.0887. The maximum Gasteiger partial charge on any atom is 0.261 e. The van der Waals surface area contributed by atoms with E-state index >= 15 is 0 Å². The van der Waals surface area contributed by atoms with Crippen LogP contribution in [0.15, 0.2) is 35.2 Å². The molecular weight excluding hydrogens is 296 g/mol. The van der Waals surface area contributed by atoms with Crippen molar-refractivity contribution >= 4 is 19.7 Å². The SMILES string of the molecule is C=C(CC)COc1ccc(S(=O)(=O)Cl)cc1C(C)(C)C. The van der Waals surface area contributed by atoms with Gasteiger partial charge in [-0.25, -0.2) is 8.42 Å². The van der Waals surface area contributed by atoms with E-state index in [-0.39, 0.29) is 10.3 Å². The Morgan fingerprint density at radius 1 is 1.35 bits per heavy atom. The van der Waals surface area contributed by atoms with Gasteiger partial charge in [-0.1, -0.05) is 34.3 Å². The van der Waals surface area contributed by atoms with Crippen LogP contribution in [-0.4, -0.2) is 15.0 Å². The van der Waals surface area contributed by atoms with Gasteiger partial charge in [-0.2, -0.15) is 0 Å². The zero-order valence-electron chi connectivity index (χ0n) is 12.4. The summed E-state index contributed by atoms with van der Waals surface area (Å²) in [6.45, 7) is 12.3. The van der Waals surface area contributed by atoms with Gasteiger partial charge in [0.25, 0.3) is 9.05 Å². The van der Waals surface area contributed by atoms with E-state index in [4.69, 9.17) is 15.4 Å². The van der Waals surface area contributed by atoms with Crippen LogP contribution < -0.4 is 4.74 Å². The molecule has 1 rings (SSSR count). The highest BCUT2D eigenvalue weighted by Gasteiger charge is 2.22. The Bertz CT molecular complexity index is 598. The Morgan fingerprint density at radius 2 is 1.95 bits per heavy atom. The number of hydrogen-bond donors (Lipinski definition) is 0. The Labute approximate surface area is 126 Å². The fraction of sp³-hybridized carbons (Fsp3) is 0.467. The third-order valence-corrected chi connectivity index (χ3v) is 4.32. The molecule has 0 bridgehead atoms. The van der Waals surface area contributed by atoms with E-state index in [9.17, 15) is 8.42 Å². The van der Waals surface area contributed by atoms with Crippen LogP contribution in [0.2, 0.25) is 0 Å². The van der Waals surface area contributed by atoms with Crippen LogP contribution >= 0.6 is 10.7 Å². The van der Waals surface area contributed by atoms with Gasteiger partial charge in [0.15, 0.2) is 0 Å². The van der Waals surface area contributed by atoms with E-state index < -0.39 is 9.05 Å². The molecule has 0 N–H and O–H groups in total. The van der Waals surface area contributed by atoms with Gasteiger partial charge in [-0.05, 0) is 35.6 Å². The summed E-state index contributed by atoms with van der Waals surface area (Å²) in [5.41, 5.74) is 1.54. The third-order valence-electron chi connectivity index (χ3n) is 2.97. The molecule has 0 aliphatic rings. The van der Waals surface area contributed by atoms with Crippen LogP contribution in [-0.2, 0) is 14.5 Å². The van der Waals surface area contributed by atoms with Gasteiger partial charge in [0.1, 0.15) is 12.4 Å². The number of benzene rings is 1. The predicted octanol–water partition coefficient (Wildman–Crippen LogP) is 4.26. The predicted molar refractivity (Wildman–Crippen MR) is 83.1 cm³/mol. The summed E-state index contributed by atoms with van der Waals surface area (Å²) >= 11 is 0. The van der Waals surface area contributed by atoms with Gasteiger partial charge >= 0.3 is 0 Å². The van der Waals surface area contributed by atoms with E-state index in [0.717, 1.165) is 17.6 Å². The van der Waals surface area contributed by atoms with Gasteiger partial charge < -0.3 is 4.74 Å². The average molecular weight is 317 g/mol. The van der Waals surface area contributed by atoms with Crippen LogP contribution in [0.1, 0.15) is 39.7 Å². The largest absolute Gasteiger partial charge is 0.489 e. The lowest BCUT2D eigenvalue weighted by Gasteiger charge is -2.23. The highest BCUT2D eigenvalue weighted by molar-refractivity contribution is 8.13. The average Bonchev–Trinajstić information content (AvgIpc) is 2.33. The van der Waals surface area contributed by atoms with E-state index in [1.54, 1.807) is 12.1 Å². The molecule has 0 spiro atoms. The van der Waals surface area contributed by atoms with Crippen LogP contribution in [0, 0.1) is 0 Å². The van der Waals surface area contributed by atoms with Gasteiger partial charge in [-0.3, -0.25) is 0 Å². The zero-order valence-corrected chi connectivity index (χ0v) is 13.9.